The first-order valence-corrected chi connectivity index (χ1v) is 10.8. The fourth-order valence-corrected chi connectivity index (χ4v) is 5.43. The number of hydrogen-bond acceptors (Lipinski definition) is 3. The highest BCUT2D eigenvalue weighted by Gasteiger charge is 2.40. The fourth-order valence-electron chi connectivity index (χ4n) is 4.11. The van der Waals surface area contributed by atoms with E-state index in [0.29, 0.717) is 12.5 Å². The van der Waals surface area contributed by atoms with E-state index in [-0.39, 0.29) is 35.9 Å². The molecule has 4 nitrogen and oxygen atoms in total. The van der Waals surface area contributed by atoms with Gasteiger partial charge in [0.15, 0.2) is 0 Å². The number of carbonyl (C=O) groups excluding carboxylic acids is 1. The maximum Gasteiger partial charge on any atom is 0.232 e. The van der Waals surface area contributed by atoms with Crippen LogP contribution in [-0.2, 0) is 13.8 Å². The van der Waals surface area contributed by atoms with Crippen molar-refractivity contribution in [3.05, 3.63) is 35.6 Å². The average molecular weight is 374 g/mol. The molecule has 2 unspecified atom stereocenters. The maximum atomic E-state index is 13.3. The molecule has 0 bridgehead atoms. The molecule has 2 fully saturated rings. The first-order valence-electron chi connectivity index (χ1n) is 8.31. The molecule has 1 amide bonds. The van der Waals surface area contributed by atoms with Crippen molar-refractivity contribution < 1.29 is 17.6 Å². The van der Waals surface area contributed by atoms with Crippen molar-refractivity contribution in [2.45, 2.75) is 38.1 Å². The van der Waals surface area contributed by atoms with E-state index in [1.54, 1.807) is 17.0 Å². The van der Waals surface area contributed by atoms with E-state index in [4.69, 9.17) is 10.7 Å². The second-order valence-corrected chi connectivity index (χ2v) is 9.68. The molecule has 2 aliphatic rings. The van der Waals surface area contributed by atoms with Gasteiger partial charge >= 0.3 is 0 Å². The summed E-state index contributed by atoms with van der Waals surface area (Å²) in [5.74, 6) is -0.461. The van der Waals surface area contributed by atoms with Gasteiger partial charge in [-0.25, -0.2) is 12.8 Å². The highest BCUT2D eigenvalue weighted by molar-refractivity contribution is 8.13. The van der Waals surface area contributed by atoms with Crippen molar-refractivity contribution in [1.29, 1.82) is 0 Å². The average Bonchev–Trinajstić information content (AvgIpc) is 3.11. The first-order chi connectivity index (χ1) is 11.3. The minimum Gasteiger partial charge on any atom is -0.335 e. The Morgan fingerprint density at radius 1 is 1.21 bits per heavy atom. The topological polar surface area (TPSA) is 54.5 Å². The van der Waals surface area contributed by atoms with Gasteiger partial charge in [-0.1, -0.05) is 25.0 Å². The van der Waals surface area contributed by atoms with Crippen molar-refractivity contribution in [3.8, 4) is 0 Å². The third kappa shape index (κ3) is 4.09. The molecule has 1 saturated carbocycles. The van der Waals surface area contributed by atoms with Gasteiger partial charge in [-0.15, -0.1) is 0 Å². The molecule has 132 valence electrons. The third-order valence-electron chi connectivity index (χ3n) is 5.07. The molecule has 1 aliphatic heterocycles. The Labute approximate surface area is 146 Å². The summed E-state index contributed by atoms with van der Waals surface area (Å²) in [5, 5.41) is 0. The molecule has 1 aromatic carbocycles. The molecular weight excluding hydrogens is 353 g/mol. The summed E-state index contributed by atoms with van der Waals surface area (Å²) < 4.78 is 35.9. The molecule has 0 radical (unpaired) electrons. The zero-order chi connectivity index (χ0) is 17.3. The predicted octanol–water partition coefficient (Wildman–Crippen LogP) is 3.47. The van der Waals surface area contributed by atoms with Crippen LogP contribution in [0.3, 0.4) is 0 Å². The van der Waals surface area contributed by atoms with E-state index in [1.165, 1.54) is 12.1 Å². The van der Waals surface area contributed by atoms with Gasteiger partial charge in [-0.2, -0.15) is 0 Å². The molecule has 1 heterocycles. The number of likely N-dealkylation sites (tertiary alicyclic amines) is 1. The van der Waals surface area contributed by atoms with E-state index >= 15 is 0 Å². The molecule has 24 heavy (non-hydrogen) atoms. The molecule has 0 spiro atoms. The van der Waals surface area contributed by atoms with Crippen molar-refractivity contribution >= 4 is 25.6 Å². The molecule has 2 atom stereocenters. The third-order valence-corrected chi connectivity index (χ3v) is 6.31. The largest absolute Gasteiger partial charge is 0.335 e. The zero-order valence-electron chi connectivity index (χ0n) is 13.3. The molecule has 0 N–H and O–H groups in total. The number of nitrogens with zero attached hydrogens (tertiary/aromatic N) is 1. The molecular formula is C17H21ClFNO3S. The van der Waals surface area contributed by atoms with Gasteiger partial charge in [0.25, 0.3) is 0 Å². The highest BCUT2D eigenvalue weighted by atomic mass is 35.7. The van der Waals surface area contributed by atoms with Gasteiger partial charge in [-0.05, 0) is 36.5 Å². The summed E-state index contributed by atoms with van der Waals surface area (Å²) in [4.78, 5) is 14.3. The lowest BCUT2D eigenvalue weighted by Gasteiger charge is -2.33. The molecule has 1 aromatic rings. The van der Waals surface area contributed by atoms with Crippen LogP contribution in [0.25, 0.3) is 0 Å². The van der Waals surface area contributed by atoms with E-state index in [2.05, 4.69) is 0 Å². The van der Waals surface area contributed by atoms with Crippen LogP contribution in [0.4, 0.5) is 4.39 Å². The smallest absolute Gasteiger partial charge is 0.232 e. The first kappa shape index (κ1) is 17.7. The summed E-state index contributed by atoms with van der Waals surface area (Å²) in [6.45, 7) is 0.392. The van der Waals surface area contributed by atoms with Gasteiger partial charge in [0.1, 0.15) is 5.82 Å². The molecule has 7 heteroatoms. The van der Waals surface area contributed by atoms with Crippen LogP contribution < -0.4 is 0 Å². The van der Waals surface area contributed by atoms with Gasteiger partial charge in [0, 0.05) is 29.6 Å². The second-order valence-electron chi connectivity index (χ2n) is 6.86. The summed E-state index contributed by atoms with van der Waals surface area (Å²) in [6.07, 6.45) is 4.53. The summed E-state index contributed by atoms with van der Waals surface area (Å²) in [5.41, 5.74) is 0.922. The number of hydrogen-bond donors (Lipinski definition) is 0. The van der Waals surface area contributed by atoms with Crippen LogP contribution in [-0.4, -0.2) is 31.5 Å². The lowest BCUT2D eigenvalue weighted by molar-refractivity contribution is -0.130. The van der Waals surface area contributed by atoms with Crippen LogP contribution in [0.1, 0.15) is 43.7 Å². The van der Waals surface area contributed by atoms with E-state index in [0.717, 1.165) is 31.2 Å². The number of amides is 1. The van der Waals surface area contributed by atoms with Gasteiger partial charge in [0.05, 0.1) is 11.8 Å². The Hall–Kier alpha value is -1.14. The molecule has 0 aromatic heterocycles. The number of halogens is 2. The molecule has 1 aliphatic carbocycles. The minimum atomic E-state index is -3.63. The number of benzene rings is 1. The Morgan fingerprint density at radius 3 is 2.42 bits per heavy atom. The lowest BCUT2D eigenvalue weighted by Crippen LogP contribution is -2.34. The minimum absolute atomic E-state index is 0.0402. The van der Waals surface area contributed by atoms with Crippen molar-refractivity contribution in [1.82, 2.24) is 4.90 Å². The van der Waals surface area contributed by atoms with Crippen LogP contribution in [0, 0.1) is 17.7 Å². The van der Waals surface area contributed by atoms with Gasteiger partial charge in [-0.3, -0.25) is 4.79 Å². The SMILES string of the molecule is O=C1CC(CS(=O)(=O)Cl)CN1C(c1ccc(F)cc1)C1CCCC1. The summed E-state index contributed by atoms with van der Waals surface area (Å²) in [7, 11) is 1.72. The van der Waals surface area contributed by atoms with Crippen LogP contribution in [0.2, 0.25) is 0 Å². The van der Waals surface area contributed by atoms with Crippen molar-refractivity contribution in [2.75, 3.05) is 12.3 Å². The second kappa shape index (κ2) is 7.00. The van der Waals surface area contributed by atoms with Crippen molar-refractivity contribution in [3.63, 3.8) is 0 Å². The quantitative estimate of drug-likeness (QED) is 0.742. The Bertz CT molecular complexity index is 701. The Balaban J connectivity index is 1.85. The standard InChI is InChI=1S/C17H21ClFNO3S/c18-24(22,23)11-12-9-16(21)20(10-12)17(13-3-1-2-4-13)14-5-7-15(19)8-6-14/h5-8,12-13,17H,1-4,9-11H2. The normalized spacial score (nSPS) is 23.8. The van der Waals surface area contributed by atoms with Crippen LogP contribution >= 0.6 is 10.7 Å². The Morgan fingerprint density at radius 2 is 1.83 bits per heavy atom. The summed E-state index contributed by atoms with van der Waals surface area (Å²) >= 11 is 0. The van der Waals surface area contributed by atoms with E-state index < -0.39 is 9.05 Å². The Kier molecular flexibility index (Phi) is 5.16. The van der Waals surface area contributed by atoms with E-state index in [1.807, 2.05) is 0 Å². The molecule has 1 saturated heterocycles. The van der Waals surface area contributed by atoms with Crippen molar-refractivity contribution in [2.24, 2.45) is 11.8 Å². The lowest BCUT2D eigenvalue weighted by atomic mass is 9.90. The summed E-state index contributed by atoms with van der Waals surface area (Å²) in [6, 6.07) is 6.19. The maximum absolute atomic E-state index is 13.3. The molecule has 3 rings (SSSR count). The zero-order valence-corrected chi connectivity index (χ0v) is 14.9. The van der Waals surface area contributed by atoms with Gasteiger partial charge < -0.3 is 4.90 Å². The number of carbonyl (C=O) groups is 1. The predicted molar refractivity (Wildman–Crippen MR) is 90.6 cm³/mol. The van der Waals surface area contributed by atoms with E-state index in [9.17, 15) is 17.6 Å². The number of rotatable bonds is 5. The monoisotopic (exact) mass is 373 g/mol. The van der Waals surface area contributed by atoms with Gasteiger partial charge in [0.2, 0.25) is 15.0 Å². The fraction of sp³-hybridized carbons (Fsp3) is 0.588. The van der Waals surface area contributed by atoms with Crippen LogP contribution in [0.5, 0.6) is 0 Å². The highest BCUT2D eigenvalue weighted by Crippen LogP contribution is 2.42. The van der Waals surface area contributed by atoms with Crippen LogP contribution in [0.15, 0.2) is 24.3 Å².